The second kappa shape index (κ2) is 5.59. The van der Waals surface area contributed by atoms with E-state index in [-0.39, 0.29) is 18.0 Å². The first-order valence-corrected chi connectivity index (χ1v) is 6.38. The zero-order valence-corrected chi connectivity index (χ0v) is 11.9. The van der Waals surface area contributed by atoms with Crippen molar-refractivity contribution in [2.24, 2.45) is 11.3 Å². The maximum atomic E-state index is 11.9. The zero-order valence-electron chi connectivity index (χ0n) is 11.9. The number of rotatable bonds is 1. The van der Waals surface area contributed by atoms with Gasteiger partial charge in [0.2, 0.25) is 5.91 Å². The minimum Gasteiger partial charge on any atom is -0.453 e. The van der Waals surface area contributed by atoms with E-state index >= 15 is 0 Å². The molecule has 0 aliphatic carbocycles. The van der Waals surface area contributed by atoms with Crippen LogP contribution in [0.5, 0.6) is 0 Å². The van der Waals surface area contributed by atoms with Crippen LogP contribution in [0.1, 0.15) is 34.1 Å². The van der Waals surface area contributed by atoms with E-state index in [0.717, 1.165) is 6.42 Å². The molecule has 0 aromatic rings. The Labute approximate surface area is 109 Å². The molecule has 0 radical (unpaired) electrons. The summed E-state index contributed by atoms with van der Waals surface area (Å²) in [5.74, 6) is 0.384. The number of ether oxygens (including phenoxy) is 1. The molecule has 2 unspecified atom stereocenters. The Balaban J connectivity index is 2.61. The Morgan fingerprint density at radius 3 is 2.39 bits per heavy atom. The number of methoxy groups -OCH3 is 1. The lowest BCUT2D eigenvalue weighted by atomic mass is 9.92. The predicted molar refractivity (Wildman–Crippen MR) is 69.1 cm³/mol. The third-order valence-corrected chi connectivity index (χ3v) is 3.11. The van der Waals surface area contributed by atoms with E-state index in [2.05, 4.69) is 12.2 Å². The van der Waals surface area contributed by atoms with Gasteiger partial charge in [0, 0.05) is 24.5 Å². The van der Waals surface area contributed by atoms with Crippen LogP contribution in [-0.4, -0.2) is 43.1 Å². The Morgan fingerprint density at radius 1 is 1.28 bits per heavy atom. The quantitative estimate of drug-likeness (QED) is 0.775. The number of nitrogens with one attached hydrogen (secondary N) is 1. The summed E-state index contributed by atoms with van der Waals surface area (Å²) in [5.41, 5.74) is -0.406. The van der Waals surface area contributed by atoms with Crippen LogP contribution in [0, 0.1) is 11.3 Å². The van der Waals surface area contributed by atoms with E-state index in [1.165, 1.54) is 7.11 Å². The third kappa shape index (κ3) is 3.89. The fourth-order valence-corrected chi connectivity index (χ4v) is 2.14. The van der Waals surface area contributed by atoms with Gasteiger partial charge in [-0.25, -0.2) is 4.79 Å². The number of hydrogen-bond acceptors (Lipinski definition) is 3. The van der Waals surface area contributed by atoms with Crippen molar-refractivity contribution in [3.05, 3.63) is 0 Å². The Kier molecular flexibility index (Phi) is 4.59. The highest BCUT2D eigenvalue weighted by Gasteiger charge is 2.31. The summed E-state index contributed by atoms with van der Waals surface area (Å²) in [5, 5.41) is 3.01. The van der Waals surface area contributed by atoms with Crippen molar-refractivity contribution in [2.45, 2.75) is 40.2 Å². The molecule has 1 aliphatic rings. The number of piperidine rings is 1. The van der Waals surface area contributed by atoms with Gasteiger partial charge in [-0.3, -0.25) is 4.79 Å². The summed E-state index contributed by atoms with van der Waals surface area (Å²) in [6.07, 6.45) is 0.575. The molecule has 2 atom stereocenters. The minimum absolute atomic E-state index is 0.0135. The summed E-state index contributed by atoms with van der Waals surface area (Å²) in [7, 11) is 1.38. The highest BCUT2D eigenvalue weighted by Crippen LogP contribution is 2.19. The molecule has 1 N–H and O–H groups in total. The molecule has 1 heterocycles. The van der Waals surface area contributed by atoms with Crippen LogP contribution in [0.4, 0.5) is 4.79 Å². The molecule has 104 valence electrons. The van der Waals surface area contributed by atoms with Gasteiger partial charge in [-0.1, -0.05) is 27.7 Å². The van der Waals surface area contributed by atoms with E-state index in [4.69, 9.17) is 4.74 Å². The van der Waals surface area contributed by atoms with E-state index in [1.54, 1.807) is 4.90 Å². The first kappa shape index (κ1) is 14.8. The Hall–Kier alpha value is -1.26. The molecule has 0 spiro atoms. The van der Waals surface area contributed by atoms with Gasteiger partial charge in [-0.05, 0) is 12.3 Å². The maximum absolute atomic E-state index is 11.9. The Bertz CT molecular complexity index is 323. The largest absolute Gasteiger partial charge is 0.453 e. The van der Waals surface area contributed by atoms with Gasteiger partial charge in [0.15, 0.2) is 0 Å². The standard InChI is InChI=1S/C13H24N2O3/c1-9-6-10(14-11(16)13(2,3)4)8-15(7-9)12(17)18-5/h9-10H,6-8H2,1-5H3,(H,14,16). The number of nitrogens with zero attached hydrogens (tertiary/aromatic N) is 1. The van der Waals surface area contributed by atoms with Crippen LogP contribution < -0.4 is 5.32 Å². The molecule has 5 heteroatoms. The van der Waals surface area contributed by atoms with E-state index in [0.29, 0.717) is 19.0 Å². The second-order valence-corrected chi connectivity index (χ2v) is 6.14. The second-order valence-electron chi connectivity index (χ2n) is 6.14. The fraction of sp³-hybridized carbons (Fsp3) is 0.846. The van der Waals surface area contributed by atoms with Crippen molar-refractivity contribution in [1.29, 1.82) is 0 Å². The van der Waals surface area contributed by atoms with Crippen LogP contribution in [0.3, 0.4) is 0 Å². The topological polar surface area (TPSA) is 58.6 Å². The molecule has 0 bridgehead atoms. The van der Waals surface area contributed by atoms with E-state index in [1.807, 2.05) is 20.8 Å². The van der Waals surface area contributed by atoms with E-state index < -0.39 is 5.41 Å². The van der Waals surface area contributed by atoms with Gasteiger partial charge in [0.1, 0.15) is 0 Å². The van der Waals surface area contributed by atoms with Gasteiger partial charge in [0.05, 0.1) is 7.11 Å². The van der Waals surface area contributed by atoms with Gasteiger partial charge >= 0.3 is 6.09 Å². The van der Waals surface area contributed by atoms with E-state index in [9.17, 15) is 9.59 Å². The SMILES string of the molecule is COC(=O)N1CC(C)CC(NC(=O)C(C)(C)C)C1. The highest BCUT2D eigenvalue weighted by molar-refractivity contribution is 5.81. The molecule has 1 rings (SSSR count). The molecular weight excluding hydrogens is 232 g/mol. The van der Waals surface area contributed by atoms with Crippen LogP contribution in [0.2, 0.25) is 0 Å². The van der Waals surface area contributed by atoms with Crippen molar-refractivity contribution in [3.63, 3.8) is 0 Å². The number of amides is 2. The van der Waals surface area contributed by atoms with Gasteiger partial charge < -0.3 is 15.0 Å². The molecule has 0 saturated carbocycles. The normalized spacial score (nSPS) is 24.6. The number of carbonyl (C=O) groups is 2. The van der Waals surface area contributed by atoms with Gasteiger partial charge in [-0.2, -0.15) is 0 Å². The molecule has 0 aromatic carbocycles. The van der Waals surface area contributed by atoms with Crippen molar-refractivity contribution in [2.75, 3.05) is 20.2 Å². The summed E-state index contributed by atoms with van der Waals surface area (Å²) in [4.78, 5) is 25.1. The number of carbonyl (C=O) groups excluding carboxylic acids is 2. The minimum atomic E-state index is -0.406. The molecule has 2 amide bonds. The van der Waals surface area contributed by atoms with Gasteiger partial charge in [-0.15, -0.1) is 0 Å². The van der Waals surface area contributed by atoms with Crippen LogP contribution >= 0.6 is 0 Å². The van der Waals surface area contributed by atoms with Crippen molar-refractivity contribution in [1.82, 2.24) is 10.2 Å². The fourth-order valence-electron chi connectivity index (χ4n) is 2.14. The summed E-state index contributed by atoms with van der Waals surface area (Å²) in [6.45, 7) is 8.94. The molecule has 0 aromatic heterocycles. The van der Waals surface area contributed by atoms with Crippen molar-refractivity contribution < 1.29 is 14.3 Å². The lowest BCUT2D eigenvalue weighted by Gasteiger charge is -2.36. The summed E-state index contributed by atoms with van der Waals surface area (Å²) in [6, 6.07) is 0.0135. The van der Waals surface area contributed by atoms with Crippen LogP contribution in [0.15, 0.2) is 0 Å². The summed E-state index contributed by atoms with van der Waals surface area (Å²) < 4.78 is 4.73. The molecule has 1 aliphatic heterocycles. The first-order valence-electron chi connectivity index (χ1n) is 6.38. The molecule has 5 nitrogen and oxygen atoms in total. The third-order valence-electron chi connectivity index (χ3n) is 3.11. The zero-order chi connectivity index (χ0) is 13.9. The molecular formula is C13H24N2O3. The van der Waals surface area contributed by atoms with Crippen molar-refractivity contribution >= 4 is 12.0 Å². The molecule has 18 heavy (non-hydrogen) atoms. The highest BCUT2D eigenvalue weighted by atomic mass is 16.5. The number of hydrogen-bond donors (Lipinski definition) is 1. The van der Waals surface area contributed by atoms with Crippen LogP contribution in [-0.2, 0) is 9.53 Å². The van der Waals surface area contributed by atoms with Crippen molar-refractivity contribution in [3.8, 4) is 0 Å². The Morgan fingerprint density at radius 2 is 1.89 bits per heavy atom. The maximum Gasteiger partial charge on any atom is 0.409 e. The number of likely N-dealkylation sites (tertiary alicyclic amines) is 1. The monoisotopic (exact) mass is 256 g/mol. The van der Waals surface area contributed by atoms with Crippen LogP contribution in [0.25, 0.3) is 0 Å². The lowest BCUT2D eigenvalue weighted by molar-refractivity contribution is -0.129. The summed E-state index contributed by atoms with van der Waals surface area (Å²) >= 11 is 0. The smallest absolute Gasteiger partial charge is 0.409 e. The average Bonchev–Trinajstić information content (AvgIpc) is 2.25. The molecule has 1 saturated heterocycles. The molecule has 1 fully saturated rings. The predicted octanol–water partition coefficient (Wildman–Crippen LogP) is 1.63. The first-order chi connectivity index (χ1) is 8.24. The average molecular weight is 256 g/mol. The lowest BCUT2D eigenvalue weighted by Crippen LogP contribution is -2.53. The van der Waals surface area contributed by atoms with Gasteiger partial charge in [0.25, 0.3) is 0 Å².